The Balaban J connectivity index is 2.26. The van der Waals surface area contributed by atoms with Crippen molar-refractivity contribution in [3.05, 3.63) is 36.4 Å². The summed E-state index contributed by atoms with van der Waals surface area (Å²) in [5, 5.41) is 37.5. The highest BCUT2D eigenvalue weighted by molar-refractivity contribution is 7.50. The Morgan fingerprint density at radius 1 is 0.818 bits per heavy atom. The number of halogens is 1. The van der Waals surface area contributed by atoms with Crippen LogP contribution in [0.3, 0.4) is 0 Å². The van der Waals surface area contributed by atoms with E-state index >= 15 is 0 Å². The molecule has 22 heavy (non-hydrogen) atoms. The Hall–Kier alpha value is -2.28. The lowest BCUT2D eigenvalue weighted by atomic mass is 10.3. The molecule has 0 radical (unpaired) electrons. The van der Waals surface area contributed by atoms with Gasteiger partial charge in [-0.15, -0.1) is 0 Å². The summed E-state index contributed by atoms with van der Waals surface area (Å²) in [6.45, 7) is 0. The van der Waals surface area contributed by atoms with Crippen LogP contribution in [0.5, 0.6) is 34.5 Å². The number of phenolic OH excluding ortho intramolecular Hbond substituents is 4. The van der Waals surface area contributed by atoms with Crippen molar-refractivity contribution in [1.82, 2.24) is 0 Å². The first-order valence-electron chi connectivity index (χ1n) is 5.66. The van der Waals surface area contributed by atoms with E-state index in [1.54, 1.807) is 0 Å². The highest BCUT2D eigenvalue weighted by Crippen LogP contribution is 2.54. The van der Waals surface area contributed by atoms with Crippen LogP contribution in [0.15, 0.2) is 36.4 Å². The maximum atomic E-state index is 12.2. The third-order valence-corrected chi connectivity index (χ3v) is 3.91. The number of phenols is 4. The van der Waals surface area contributed by atoms with Crippen molar-refractivity contribution in [3.8, 4) is 34.5 Å². The van der Waals surface area contributed by atoms with Gasteiger partial charge in [0.25, 0.3) is 0 Å². The molecule has 0 aliphatic carbocycles. The zero-order chi connectivity index (χ0) is 16.3. The highest BCUT2D eigenvalue weighted by Gasteiger charge is 2.33. The van der Waals surface area contributed by atoms with Gasteiger partial charge in [-0.25, -0.2) is 4.57 Å². The predicted octanol–water partition coefficient (Wildman–Crippen LogP) is 3.25. The second kappa shape index (κ2) is 6.23. The monoisotopic (exact) mass is 348 g/mol. The van der Waals surface area contributed by atoms with Gasteiger partial charge in [0.05, 0.1) is 11.9 Å². The van der Waals surface area contributed by atoms with Crippen LogP contribution < -0.4 is 9.05 Å². The van der Waals surface area contributed by atoms with Crippen molar-refractivity contribution in [2.45, 2.75) is 0 Å². The Kier molecular flexibility index (Phi) is 4.56. The molecule has 0 amide bonds. The van der Waals surface area contributed by atoms with Gasteiger partial charge >= 0.3 is 7.82 Å². The number of hydrogen-bond donors (Lipinski definition) is 4. The van der Waals surface area contributed by atoms with Gasteiger partial charge in [-0.3, -0.25) is 0 Å². The largest absolute Gasteiger partial charge is 0.604 e. The van der Waals surface area contributed by atoms with Crippen molar-refractivity contribution in [2.75, 3.05) is 0 Å². The van der Waals surface area contributed by atoms with Crippen LogP contribution in [-0.2, 0) is 8.64 Å². The highest BCUT2D eigenvalue weighted by atomic mass is 35.5. The van der Waals surface area contributed by atoms with E-state index in [1.807, 2.05) is 0 Å². The summed E-state index contributed by atoms with van der Waals surface area (Å²) in [4.78, 5) is 0. The molecule has 0 spiro atoms. The average molecular weight is 349 g/mol. The Morgan fingerprint density at radius 3 is 1.55 bits per heavy atom. The van der Waals surface area contributed by atoms with E-state index in [0.717, 1.165) is 36.4 Å². The fourth-order valence-electron chi connectivity index (χ4n) is 1.45. The Bertz CT molecular complexity index is 678. The summed E-state index contributed by atoms with van der Waals surface area (Å²) in [6, 6.07) is 6.40. The van der Waals surface area contributed by atoms with Crippen LogP contribution in [0, 0.1) is 0 Å². The summed E-state index contributed by atoms with van der Waals surface area (Å²) in [6.07, 6.45) is 0. The van der Waals surface area contributed by atoms with E-state index < -0.39 is 19.3 Å². The molecule has 118 valence electrons. The fraction of sp³-hybridized carbons (Fsp3) is 0. The molecule has 0 aromatic heterocycles. The third kappa shape index (κ3) is 3.67. The van der Waals surface area contributed by atoms with E-state index in [1.165, 1.54) is 0 Å². The van der Waals surface area contributed by atoms with E-state index in [-0.39, 0.29) is 23.0 Å². The standard InChI is InChI=1S/C12H10ClO8P/c13-21-22(18,19-11-3-1-7(14)5-9(11)16)20-12-4-2-8(15)6-10(12)17/h1-6,14-17H. The number of benzene rings is 2. The van der Waals surface area contributed by atoms with E-state index in [2.05, 4.69) is 4.08 Å². The number of rotatable bonds is 5. The van der Waals surface area contributed by atoms with Gasteiger partial charge in [-0.1, -0.05) is 0 Å². The summed E-state index contributed by atoms with van der Waals surface area (Å²) in [7, 11) is -4.45. The van der Waals surface area contributed by atoms with Crippen LogP contribution in [0.1, 0.15) is 0 Å². The van der Waals surface area contributed by atoms with Gasteiger partial charge in [-0.05, 0) is 24.3 Å². The van der Waals surface area contributed by atoms with Gasteiger partial charge < -0.3 is 29.5 Å². The van der Waals surface area contributed by atoms with Gasteiger partial charge in [0, 0.05) is 12.1 Å². The molecule has 0 saturated heterocycles. The zero-order valence-electron chi connectivity index (χ0n) is 10.7. The van der Waals surface area contributed by atoms with Crippen molar-refractivity contribution < 1.29 is 38.1 Å². The molecule has 2 rings (SSSR count). The molecule has 2 aromatic carbocycles. The minimum Gasteiger partial charge on any atom is -0.508 e. The second-order valence-corrected chi connectivity index (χ2v) is 5.81. The second-order valence-electron chi connectivity index (χ2n) is 4.00. The molecule has 0 aliphatic rings. The molecule has 0 bridgehead atoms. The lowest BCUT2D eigenvalue weighted by Crippen LogP contribution is -2.01. The van der Waals surface area contributed by atoms with Crippen LogP contribution in [0.4, 0.5) is 0 Å². The van der Waals surface area contributed by atoms with Crippen LogP contribution in [-0.4, -0.2) is 20.4 Å². The Labute approximate surface area is 129 Å². The van der Waals surface area contributed by atoms with Crippen molar-refractivity contribution in [1.29, 1.82) is 0 Å². The van der Waals surface area contributed by atoms with Crippen LogP contribution >= 0.6 is 19.7 Å². The molecular weight excluding hydrogens is 339 g/mol. The third-order valence-electron chi connectivity index (χ3n) is 2.39. The van der Waals surface area contributed by atoms with E-state index in [9.17, 15) is 14.8 Å². The van der Waals surface area contributed by atoms with Gasteiger partial charge in [0.1, 0.15) is 11.5 Å². The first-order valence-corrected chi connectivity index (χ1v) is 7.43. The summed E-state index contributed by atoms with van der Waals surface area (Å²) in [5.41, 5.74) is 0. The molecule has 0 atom stereocenters. The smallest absolute Gasteiger partial charge is 0.508 e. The molecule has 0 saturated carbocycles. The first kappa shape index (κ1) is 16.1. The van der Waals surface area contributed by atoms with Gasteiger partial charge in [0.15, 0.2) is 23.0 Å². The minimum atomic E-state index is -4.45. The van der Waals surface area contributed by atoms with Gasteiger partial charge in [-0.2, -0.15) is 4.08 Å². The van der Waals surface area contributed by atoms with Gasteiger partial charge in [0.2, 0.25) is 0 Å². The van der Waals surface area contributed by atoms with Crippen molar-refractivity contribution >= 4 is 19.7 Å². The molecular formula is C12H10ClO8P. The zero-order valence-corrected chi connectivity index (χ0v) is 12.4. The lowest BCUT2D eigenvalue weighted by molar-refractivity contribution is 0.294. The topological polar surface area (TPSA) is 126 Å². The molecule has 0 aliphatic heterocycles. The lowest BCUT2D eigenvalue weighted by Gasteiger charge is -2.16. The SMILES string of the molecule is O=P(OCl)(Oc1ccc(O)cc1O)Oc1ccc(O)cc1O. The number of hydrogen-bond acceptors (Lipinski definition) is 8. The Morgan fingerprint density at radius 2 is 1.23 bits per heavy atom. The predicted molar refractivity (Wildman–Crippen MR) is 75.3 cm³/mol. The number of aromatic hydroxyl groups is 4. The van der Waals surface area contributed by atoms with Crippen molar-refractivity contribution in [3.63, 3.8) is 0 Å². The van der Waals surface area contributed by atoms with Crippen molar-refractivity contribution in [2.24, 2.45) is 0 Å². The summed E-state index contributed by atoms with van der Waals surface area (Å²) < 4.78 is 26.1. The maximum absolute atomic E-state index is 12.2. The summed E-state index contributed by atoms with van der Waals surface area (Å²) in [5.74, 6) is -2.23. The normalized spacial score (nSPS) is 11.1. The number of phosphoric acid groups is 1. The molecule has 0 unspecified atom stereocenters. The molecule has 2 aromatic rings. The maximum Gasteiger partial charge on any atom is 0.604 e. The van der Waals surface area contributed by atoms with E-state index in [4.69, 9.17) is 31.1 Å². The molecule has 10 heteroatoms. The molecule has 4 N–H and O–H groups in total. The molecule has 0 heterocycles. The first-order chi connectivity index (χ1) is 10.3. The number of phosphoric ester groups is 1. The van der Waals surface area contributed by atoms with Crippen LogP contribution in [0.2, 0.25) is 0 Å². The minimum absolute atomic E-state index is 0.247. The molecule has 8 nitrogen and oxygen atoms in total. The molecule has 0 fully saturated rings. The fourth-order valence-corrected chi connectivity index (χ4v) is 2.51. The quantitative estimate of drug-likeness (QED) is 0.607. The van der Waals surface area contributed by atoms with Crippen LogP contribution in [0.25, 0.3) is 0 Å². The summed E-state index contributed by atoms with van der Waals surface area (Å²) >= 11 is 5.10. The van der Waals surface area contributed by atoms with E-state index in [0.29, 0.717) is 0 Å². The average Bonchev–Trinajstić information content (AvgIpc) is 2.45.